The fourth-order valence-corrected chi connectivity index (χ4v) is 4.30. The topological polar surface area (TPSA) is 77.9 Å². The third kappa shape index (κ3) is 4.28. The summed E-state index contributed by atoms with van der Waals surface area (Å²) in [5.41, 5.74) is -0.878. The summed E-state index contributed by atoms with van der Waals surface area (Å²) < 4.78 is 0. The van der Waals surface area contributed by atoms with E-state index < -0.39 is 11.4 Å². The summed E-state index contributed by atoms with van der Waals surface area (Å²) in [6.45, 7) is 7.77. The Morgan fingerprint density at radius 1 is 1.29 bits per heavy atom. The number of nitrogens with zero attached hydrogens (tertiary/aromatic N) is 2. The lowest BCUT2D eigenvalue weighted by Gasteiger charge is -2.41. The molecular weight excluding hydrogens is 308 g/mol. The number of carboxylic acid groups (broad SMARTS) is 1. The lowest BCUT2D eigenvalue weighted by atomic mass is 9.77. The molecule has 0 bridgehead atoms. The molecule has 0 spiro atoms. The molecule has 24 heavy (non-hydrogen) atoms. The van der Waals surface area contributed by atoms with Gasteiger partial charge in [-0.05, 0) is 31.6 Å². The summed E-state index contributed by atoms with van der Waals surface area (Å²) in [6, 6.07) is 0.0887. The van der Waals surface area contributed by atoms with Crippen molar-refractivity contribution in [3.63, 3.8) is 0 Å². The van der Waals surface area contributed by atoms with Gasteiger partial charge in [0.25, 0.3) is 0 Å². The van der Waals surface area contributed by atoms with Gasteiger partial charge in [-0.15, -0.1) is 0 Å². The molecule has 0 radical (unpaired) electrons. The molecular formula is C18H30N2O4. The van der Waals surface area contributed by atoms with Crippen LogP contribution in [0.2, 0.25) is 0 Å². The lowest BCUT2D eigenvalue weighted by molar-refractivity contribution is -0.152. The highest BCUT2D eigenvalue weighted by Gasteiger charge is 2.41. The van der Waals surface area contributed by atoms with Crippen molar-refractivity contribution in [2.24, 2.45) is 11.3 Å². The number of likely N-dealkylation sites (tertiary alicyclic amines) is 2. The van der Waals surface area contributed by atoms with Crippen LogP contribution in [-0.2, 0) is 14.4 Å². The molecule has 2 saturated heterocycles. The third-order valence-electron chi connectivity index (χ3n) is 5.15. The Balaban J connectivity index is 2.10. The first-order chi connectivity index (χ1) is 11.2. The van der Waals surface area contributed by atoms with E-state index >= 15 is 0 Å². The van der Waals surface area contributed by atoms with E-state index in [1.165, 1.54) is 0 Å². The normalized spacial score (nSPS) is 24.3. The molecule has 0 aromatic heterocycles. The number of aliphatic carboxylic acids is 1. The van der Waals surface area contributed by atoms with Crippen LogP contribution in [0.25, 0.3) is 0 Å². The molecule has 0 aliphatic carbocycles. The molecule has 2 unspecified atom stereocenters. The van der Waals surface area contributed by atoms with E-state index in [1.807, 2.05) is 18.7 Å². The average Bonchev–Trinajstić information content (AvgIpc) is 2.91. The maximum Gasteiger partial charge on any atom is 0.304 e. The second kappa shape index (κ2) is 7.53. The minimum absolute atomic E-state index is 0.0741. The molecule has 1 N–H and O–H groups in total. The third-order valence-corrected chi connectivity index (χ3v) is 5.15. The van der Waals surface area contributed by atoms with Crippen LogP contribution in [0, 0.1) is 11.3 Å². The van der Waals surface area contributed by atoms with Gasteiger partial charge in [-0.25, -0.2) is 0 Å². The molecule has 0 aromatic carbocycles. The van der Waals surface area contributed by atoms with Crippen LogP contribution < -0.4 is 0 Å². The highest BCUT2D eigenvalue weighted by Crippen LogP contribution is 2.34. The van der Waals surface area contributed by atoms with Crippen molar-refractivity contribution in [3.8, 4) is 0 Å². The first-order valence-corrected chi connectivity index (χ1v) is 9.03. The summed E-state index contributed by atoms with van der Waals surface area (Å²) in [5, 5.41) is 9.24. The van der Waals surface area contributed by atoms with Crippen LogP contribution in [0.15, 0.2) is 0 Å². The number of piperidine rings is 1. The van der Waals surface area contributed by atoms with Crippen LogP contribution in [-0.4, -0.2) is 58.4 Å². The van der Waals surface area contributed by atoms with Gasteiger partial charge in [0, 0.05) is 32.1 Å². The highest BCUT2D eigenvalue weighted by molar-refractivity contribution is 5.87. The molecule has 2 aliphatic rings. The molecule has 6 nitrogen and oxygen atoms in total. The molecule has 6 heteroatoms. The van der Waals surface area contributed by atoms with Gasteiger partial charge in [-0.2, -0.15) is 0 Å². The van der Waals surface area contributed by atoms with Gasteiger partial charge in [0.05, 0.1) is 11.8 Å². The molecule has 2 atom stereocenters. The first kappa shape index (κ1) is 18.7. The number of carbonyl (C=O) groups is 3. The predicted octanol–water partition coefficient (Wildman–Crippen LogP) is 2.13. The SMILES string of the molecule is CC(C)CC(C)(CC(=O)O)C(=O)N1CCCC(N2CCCC2=O)C1. The maximum atomic E-state index is 13.1. The number of carbonyl (C=O) groups excluding carboxylic acids is 2. The molecule has 2 heterocycles. The van der Waals surface area contributed by atoms with Gasteiger partial charge in [0.1, 0.15) is 0 Å². The number of carboxylic acids is 1. The smallest absolute Gasteiger partial charge is 0.304 e. The summed E-state index contributed by atoms with van der Waals surface area (Å²) in [4.78, 5) is 40.1. The number of amides is 2. The van der Waals surface area contributed by atoms with E-state index in [-0.39, 0.29) is 30.2 Å². The molecule has 136 valence electrons. The number of rotatable bonds is 6. The van der Waals surface area contributed by atoms with Gasteiger partial charge >= 0.3 is 5.97 Å². The Morgan fingerprint density at radius 3 is 2.54 bits per heavy atom. The highest BCUT2D eigenvalue weighted by atomic mass is 16.4. The number of hydrogen-bond donors (Lipinski definition) is 1. The molecule has 0 aromatic rings. The maximum absolute atomic E-state index is 13.1. The summed E-state index contributed by atoms with van der Waals surface area (Å²) in [5.74, 6) is -0.575. The minimum Gasteiger partial charge on any atom is -0.481 e. The number of hydrogen-bond acceptors (Lipinski definition) is 3. The van der Waals surface area contributed by atoms with Gasteiger partial charge in [0.15, 0.2) is 0 Å². The Bertz CT molecular complexity index is 505. The molecule has 2 fully saturated rings. The zero-order chi connectivity index (χ0) is 17.9. The van der Waals surface area contributed by atoms with Crippen molar-refractivity contribution >= 4 is 17.8 Å². The second-order valence-corrected chi connectivity index (χ2v) is 7.97. The minimum atomic E-state index is -0.935. The van der Waals surface area contributed by atoms with E-state index in [9.17, 15) is 19.5 Å². The fourth-order valence-electron chi connectivity index (χ4n) is 4.30. The van der Waals surface area contributed by atoms with E-state index in [2.05, 4.69) is 0 Å². The van der Waals surface area contributed by atoms with Crippen molar-refractivity contribution < 1.29 is 19.5 Å². The summed E-state index contributed by atoms with van der Waals surface area (Å²) in [7, 11) is 0. The average molecular weight is 338 g/mol. The van der Waals surface area contributed by atoms with E-state index in [0.29, 0.717) is 25.9 Å². The van der Waals surface area contributed by atoms with Crippen LogP contribution in [0.3, 0.4) is 0 Å². The largest absolute Gasteiger partial charge is 0.481 e. The van der Waals surface area contributed by atoms with Crippen molar-refractivity contribution in [2.45, 2.75) is 65.3 Å². The zero-order valence-corrected chi connectivity index (χ0v) is 15.1. The van der Waals surface area contributed by atoms with Crippen molar-refractivity contribution in [1.82, 2.24) is 9.80 Å². The van der Waals surface area contributed by atoms with Crippen molar-refractivity contribution in [2.75, 3.05) is 19.6 Å². The predicted molar refractivity (Wildman–Crippen MR) is 90.4 cm³/mol. The Labute approximate surface area is 144 Å². The van der Waals surface area contributed by atoms with E-state index in [0.717, 1.165) is 25.8 Å². The molecule has 2 aliphatic heterocycles. The standard InChI is InChI=1S/C18H30N2O4/c1-13(2)10-18(3,11-16(22)23)17(24)19-8-4-6-14(12-19)20-9-5-7-15(20)21/h13-14H,4-12H2,1-3H3,(H,22,23). The monoisotopic (exact) mass is 338 g/mol. The quantitative estimate of drug-likeness (QED) is 0.805. The first-order valence-electron chi connectivity index (χ1n) is 9.03. The fraction of sp³-hybridized carbons (Fsp3) is 0.833. The van der Waals surface area contributed by atoms with Gasteiger partial charge in [0.2, 0.25) is 11.8 Å². The Hall–Kier alpha value is -1.59. The zero-order valence-electron chi connectivity index (χ0n) is 15.1. The van der Waals surface area contributed by atoms with Gasteiger partial charge in [-0.3, -0.25) is 14.4 Å². The van der Waals surface area contributed by atoms with Crippen LogP contribution in [0.4, 0.5) is 0 Å². The lowest BCUT2D eigenvalue weighted by Crippen LogP contribution is -2.53. The van der Waals surface area contributed by atoms with Crippen LogP contribution in [0.1, 0.15) is 59.3 Å². The van der Waals surface area contributed by atoms with Gasteiger partial charge < -0.3 is 14.9 Å². The van der Waals surface area contributed by atoms with E-state index in [4.69, 9.17) is 0 Å². The summed E-state index contributed by atoms with van der Waals surface area (Å²) >= 11 is 0. The van der Waals surface area contributed by atoms with Crippen molar-refractivity contribution in [1.29, 1.82) is 0 Å². The molecule has 2 amide bonds. The second-order valence-electron chi connectivity index (χ2n) is 7.97. The van der Waals surface area contributed by atoms with Crippen LogP contribution in [0.5, 0.6) is 0 Å². The van der Waals surface area contributed by atoms with Gasteiger partial charge in [-0.1, -0.05) is 20.8 Å². The Kier molecular flexibility index (Phi) is 5.88. The van der Waals surface area contributed by atoms with E-state index in [1.54, 1.807) is 11.8 Å². The van der Waals surface area contributed by atoms with Crippen LogP contribution >= 0.6 is 0 Å². The molecule has 0 saturated carbocycles. The molecule has 2 rings (SSSR count). The van der Waals surface area contributed by atoms with Crippen molar-refractivity contribution in [3.05, 3.63) is 0 Å². The Morgan fingerprint density at radius 2 is 2.00 bits per heavy atom. The summed E-state index contributed by atoms with van der Waals surface area (Å²) in [6.07, 6.45) is 3.71.